The van der Waals surface area contributed by atoms with E-state index in [-0.39, 0.29) is 4.06 Å². The van der Waals surface area contributed by atoms with Crippen molar-refractivity contribution in [3.63, 3.8) is 0 Å². The molecule has 4 heterocycles. The van der Waals surface area contributed by atoms with Gasteiger partial charge in [-0.05, 0) is 13.8 Å². The topological polar surface area (TPSA) is 17.1 Å². The van der Waals surface area contributed by atoms with Gasteiger partial charge in [-0.25, -0.2) is 0 Å². The summed E-state index contributed by atoms with van der Waals surface area (Å²) in [7, 11) is 0. The van der Waals surface area contributed by atoms with E-state index in [1.54, 1.807) is 0 Å². The van der Waals surface area contributed by atoms with Gasteiger partial charge < -0.3 is 0 Å². The number of fused-ring (bicyclic) bond motifs is 2. The molecule has 0 N–H and O–H groups in total. The van der Waals surface area contributed by atoms with Crippen molar-refractivity contribution in [2.75, 3.05) is 11.5 Å². The van der Waals surface area contributed by atoms with Crippen LogP contribution in [0.3, 0.4) is 0 Å². The molecule has 7 heteroatoms. The van der Waals surface area contributed by atoms with Crippen molar-refractivity contribution in [3.05, 3.63) is 18.6 Å². The first-order chi connectivity index (χ1) is 9.65. The van der Waals surface area contributed by atoms with Crippen molar-refractivity contribution in [2.45, 2.75) is 23.6 Å². The molecule has 0 radical (unpaired) electrons. The monoisotopic (exact) mass is 374 g/mol. The van der Waals surface area contributed by atoms with Gasteiger partial charge in [0.25, 0.3) is 4.06 Å². The van der Waals surface area contributed by atoms with Crippen LogP contribution in [0, 0.1) is 13.8 Å². The lowest BCUT2D eigenvalue weighted by Crippen LogP contribution is -1.92. The molecule has 104 valence electrons. The minimum atomic E-state index is 0.219. The van der Waals surface area contributed by atoms with E-state index in [9.17, 15) is 4.79 Å². The summed E-state index contributed by atoms with van der Waals surface area (Å²) in [5.74, 6) is 2.40. The highest BCUT2D eigenvalue weighted by Crippen LogP contribution is 2.53. The number of rotatable bonds is 1. The lowest BCUT2D eigenvalue weighted by atomic mass is 10.3. The highest BCUT2D eigenvalue weighted by atomic mass is 32.2. The molecular formula is C13H10OS6. The molecule has 4 rings (SSSR count). The zero-order valence-corrected chi connectivity index (χ0v) is 15.7. The minimum Gasteiger partial charge on any atom is -0.265 e. The predicted octanol–water partition coefficient (Wildman–Crippen LogP) is 5.93. The van der Waals surface area contributed by atoms with Gasteiger partial charge in [-0.1, -0.05) is 22.7 Å². The molecule has 0 fully saturated rings. The summed E-state index contributed by atoms with van der Waals surface area (Å²) in [5, 5.41) is 0. The molecule has 1 nitrogen and oxygen atoms in total. The molecule has 0 unspecified atom stereocenters. The third-order valence-electron chi connectivity index (χ3n) is 3.13. The second-order valence-electron chi connectivity index (χ2n) is 4.44. The highest BCUT2D eigenvalue weighted by molar-refractivity contribution is 8.06. The van der Waals surface area contributed by atoms with Crippen molar-refractivity contribution in [1.29, 1.82) is 0 Å². The molecule has 0 saturated heterocycles. The number of thiophene rings is 2. The molecule has 0 aliphatic carbocycles. The van der Waals surface area contributed by atoms with Crippen LogP contribution >= 0.6 is 68.9 Å². The quantitative estimate of drug-likeness (QED) is 0.525. The van der Waals surface area contributed by atoms with Crippen molar-refractivity contribution >= 4 is 78.3 Å². The van der Waals surface area contributed by atoms with Crippen molar-refractivity contribution in [1.82, 2.24) is 0 Å². The van der Waals surface area contributed by atoms with Gasteiger partial charge in [-0.3, -0.25) is 4.79 Å². The molecule has 3 aromatic rings. The Labute approximate surface area is 141 Å². The molecule has 0 bridgehead atoms. The summed E-state index contributed by atoms with van der Waals surface area (Å²) in [5.41, 5.74) is 0. The maximum absolute atomic E-state index is 11.7. The molecule has 20 heavy (non-hydrogen) atoms. The van der Waals surface area contributed by atoms with Crippen LogP contribution in [0.2, 0.25) is 0 Å². The van der Waals surface area contributed by atoms with E-state index in [1.165, 1.54) is 72.9 Å². The number of aryl methyl sites for hydroxylation is 2. The van der Waals surface area contributed by atoms with Gasteiger partial charge in [-0.2, -0.15) is 0 Å². The minimum absolute atomic E-state index is 0.219. The van der Waals surface area contributed by atoms with Gasteiger partial charge in [-0.15, -0.1) is 46.2 Å². The molecule has 0 saturated carbocycles. The van der Waals surface area contributed by atoms with Gasteiger partial charge in [0.2, 0.25) is 0 Å². The third-order valence-corrected chi connectivity index (χ3v) is 11.0. The van der Waals surface area contributed by atoms with Gasteiger partial charge in [0.15, 0.2) is 0 Å². The zero-order chi connectivity index (χ0) is 13.9. The Kier molecular flexibility index (Phi) is 3.56. The summed E-state index contributed by atoms with van der Waals surface area (Å²) < 4.78 is 2.63. The summed E-state index contributed by atoms with van der Waals surface area (Å²) in [6.45, 7) is 4.35. The van der Waals surface area contributed by atoms with E-state index < -0.39 is 0 Å². The Balaban J connectivity index is 2.02. The average Bonchev–Trinajstić information content (AvgIpc) is 3.05. The molecule has 3 aromatic heterocycles. The number of thioether (sulfide) groups is 2. The Morgan fingerprint density at radius 2 is 1.40 bits per heavy atom. The SMILES string of the molecule is Cc1sc(-c2sc(C)c3sc(=O)sc23)c2c1SCCS2. The summed E-state index contributed by atoms with van der Waals surface area (Å²) in [6.07, 6.45) is 0. The van der Waals surface area contributed by atoms with E-state index in [0.717, 1.165) is 0 Å². The van der Waals surface area contributed by atoms with Crippen LogP contribution in [0.15, 0.2) is 14.6 Å². The first-order valence-corrected chi connectivity index (χ1v) is 11.3. The average molecular weight is 375 g/mol. The van der Waals surface area contributed by atoms with Gasteiger partial charge in [0, 0.05) is 31.1 Å². The van der Waals surface area contributed by atoms with Gasteiger partial charge in [0.05, 0.1) is 19.2 Å². The fraction of sp³-hybridized carbons (Fsp3) is 0.308. The molecule has 0 atom stereocenters. The molecule has 1 aliphatic heterocycles. The summed E-state index contributed by atoms with van der Waals surface area (Å²) in [6, 6.07) is 0. The second kappa shape index (κ2) is 5.14. The lowest BCUT2D eigenvalue weighted by molar-refractivity contribution is 1.24. The largest absolute Gasteiger partial charge is 0.288 e. The Morgan fingerprint density at radius 1 is 0.750 bits per heavy atom. The zero-order valence-electron chi connectivity index (χ0n) is 10.8. The number of hydrogen-bond donors (Lipinski definition) is 0. The fourth-order valence-corrected chi connectivity index (χ4v) is 10.2. The molecule has 0 amide bonds. The van der Waals surface area contributed by atoms with E-state index >= 15 is 0 Å². The smallest absolute Gasteiger partial charge is 0.265 e. The van der Waals surface area contributed by atoms with Crippen molar-refractivity contribution in [3.8, 4) is 9.75 Å². The number of hydrogen-bond acceptors (Lipinski definition) is 7. The molecule has 1 aliphatic rings. The predicted molar refractivity (Wildman–Crippen MR) is 98.1 cm³/mol. The maximum atomic E-state index is 11.7. The Hall–Kier alpha value is 0.210. The van der Waals surface area contributed by atoms with Gasteiger partial charge in [0.1, 0.15) is 0 Å². The molecule has 0 spiro atoms. The second-order valence-corrected chi connectivity index (χ2v) is 11.3. The van der Waals surface area contributed by atoms with Crippen LogP contribution < -0.4 is 4.06 Å². The van der Waals surface area contributed by atoms with Crippen molar-refractivity contribution in [2.24, 2.45) is 0 Å². The van der Waals surface area contributed by atoms with E-state index in [4.69, 9.17) is 0 Å². The maximum Gasteiger partial charge on any atom is 0.288 e. The van der Waals surface area contributed by atoms with E-state index in [0.29, 0.717) is 0 Å². The fourth-order valence-electron chi connectivity index (χ4n) is 2.30. The van der Waals surface area contributed by atoms with Crippen LogP contribution in [0.25, 0.3) is 19.2 Å². The first-order valence-electron chi connectivity index (χ1n) is 6.07. The van der Waals surface area contributed by atoms with Crippen LogP contribution in [0.5, 0.6) is 0 Å². The van der Waals surface area contributed by atoms with E-state index in [1.807, 2.05) is 46.2 Å². The normalized spacial score (nSPS) is 14.9. The first kappa shape index (κ1) is 13.8. The van der Waals surface area contributed by atoms with Crippen molar-refractivity contribution < 1.29 is 0 Å². The van der Waals surface area contributed by atoms with Crippen LogP contribution in [0.4, 0.5) is 0 Å². The Morgan fingerprint density at radius 3 is 2.20 bits per heavy atom. The van der Waals surface area contributed by atoms with E-state index in [2.05, 4.69) is 13.8 Å². The van der Waals surface area contributed by atoms with Gasteiger partial charge >= 0.3 is 0 Å². The van der Waals surface area contributed by atoms with Crippen LogP contribution in [-0.4, -0.2) is 11.5 Å². The summed E-state index contributed by atoms with van der Waals surface area (Å²) in [4.78, 5) is 20.1. The molecule has 0 aromatic carbocycles. The molecular weight excluding hydrogens is 365 g/mol. The highest BCUT2D eigenvalue weighted by Gasteiger charge is 2.24. The Bertz CT molecular complexity index is 862. The van der Waals surface area contributed by atoms with Crippen LogP contribution in [-0.2, 0) is 0 Å². The third kappa shape index (κ3) is 2.06. The standard InChI is InChI=1S/C13H10OS6/c1-5-7-9(16-4-3-15-7)11(17-5)12-10-8(6(2)18-12)19-13(14)20-10/h3-4H2,1-2H3. The lowest BCUT2D eigenvalue weighted by Gasteiger charge is -2.12. The van der Waals surface area contributed by atoms with Crippen LogP contribution in [0.1, 0.15) is 9.75 Å². The summed E-state index contributed by atoms with van der Waals surface area (Å²) >= 11 is 10.5.